The molecule has 0 saturated carbocycles. The van der Waals surface area contributed by atoms with Crippen LogP contribution in [0.2, 0.25) is 0 Å². The molecule has 0 fully saturated rings. The number of hydrazine groups is 1. The largest absolute Gasteiger partial charge is 0.339 e. The maximum Gasteiger partial charge on any atom is 0.148 e. The molecule has 1 aromatic heterocycles. The van der Waals surface area contributed by atoms with Crippen LogP contribution < -0.4 is 16.6 Å². The lowest BCUT2D eigenvalue weighted by Crippen LogP contribution is -2.21. The number of nitrogens with one attached hydrogen (secondary N) is 2. The molecule has 112 valence electrons. The maximum absolute atomic E-state index is 5.59. The van der Waals surface area contributed by atoms with E-state index >= 15 is 0 Å². The molecule has 0 aliphatic rings. The van der Waals surface area contributed by atoms with Crippen molar-refractivity contribution in [3.8, 4) is 0 Å². The maximum atomic E-state index is 5.59. The Morgan fingerprint density at radius 3 is 2.29 bits per heavy atom. The summed E-state index contributed by atoms with van der Waals surface area (Å²) in [5, 5.41) is 3.37. The summed E-state index contributed by atoms with van der Waals surface area (Å²) in [6.07, 6.45) is 0. The number of nitrogens with two attached hydrogens (primary N) is 1. The van der Waals surface area contributed by atoms with E-state index < -0.39 is 0 Å². The van der Waals surface area contributed by atoms with E-state index in [0.29, 0.717) is 5.82 Å². The van der Waals surface area contributed by atoms with E-state index in [1.165, 1.54) is 0 Å². The van der Waals surface area contributed by atoms with Gasteiger partial charge in [0, 0.05) is 14.5 Å². The first-order chi connectivity index (χ1) is 9.82. The molecule has 1 heterocycles. The summed E-state index contributed by atoms with van der Waals surface area (Å²) in [5.74, 6) is 7.74. The topological polar surface area (TPSA) is 75.9 Å². The van der Waals surface area contributed by atoms with E-state index in [-0.39, 0.29) is 5.41 Å². The summed E-state index contributed by atoms with van der Waals surface area (Å²) in [6.45, 7) is 8.18. The van der Waals surface area contributed by atoms with Crippen molar-refractivity contribution in [2.75, 3.05) is 10.7 Å². The van der Waals surface area contributed by atoms with Gasteiger partial charge in [0.05, 0.1) is 5.69 Å². The minimum absolute atomic E-state index is 0.153. The van der Waals surface area contributed by atoms with Gasteiger partial charge in [-0.05, 0) is 41.6 Å². The predicted molar refractivity (Wildman–Crippen MR) is 95.7 cm³/mol. The van der Waals surface area contributed by atoms with Crippen LogP contribution in [0.3, 0.4) is 0 Å². The van der Waals surface area contributed by atoms with Gasteiger partial charge in [-0.15, -0.1) is 0 Å². The normalized spacial score (nSPS) is 11.3. The highest BCUT2D eigenvalue weighted by Crippen LogP contribution is 2.29. The summed E-state index contributed by atoms with van der Waals surface area (Å²) in [7, 11) is 0. The van der Waals surface area contributed by atoms with E-state index in [0.717, 1.165) is 26.5 Å². The van der Waals surface area contributed by atoms with Gasteiger partial charge in [0.2, 0.25) is 0 Å². The summed E-state index contributed by atoms with van der Waals surface area (Å²) >= 11 is 2.30. The van der Waals surface area contributed by atoms with E-state index in [2.05, 4.69) is 64.1 Å². The zero-order valence-corrected chi connectivity index (χ0v) is 14.8. The van der Waals surface area contributed by atoms with Crippen LogP contribution in [0.25, 0.3) is 0 Å². The highest BCUT2D eigenvalue weighted by molar-refractivity contribution is 14.1. The van der Waals surface area contributed by atoms with Crippen molar-refractivity contribution in [3.05, 3.63) is 39.2 Å². The average molecular weight is 397 g/mol. The predicted octanol–water partition coefficient (Wildman–Crippen LogP) is 3.72. The van der Waals surface area contributed by atoms with Crippen molar-refractivity contribution in [1.29, 1.82) is 0 Å². The van der Waals surface area contributed by atoms with E-state index in [1.807, 2.05) is 31.2 Å². The van der Waals surface area contributed by atoms with Crippen LogP contribution in [0.15, 0.2) is 24.3 Å². The number of hydrogen-bond donors (Lipinski definition) is 3. The molecule has 0 unspecified atom stereocenters. The quantitative estimate of drug-likeness (QED) is 0.418. The van der Waals surface area contributed by atoms with Crippen LogP contribution in [0.4, 0.5) is 17.3 Å². The van der Waals surface area contributed by atoms with Gasteiger partial charge in [-0.2, -0.15) is 0 Å². The van der Waals surface area contributed by atoms with E-state index in [4.69, 9.17) is 5.84 Å². The summed E-state index contributed by atoms with van der Waals surface area (Å²) in [5.41, 5.74) is 4.41. The molecule has 4 N–H and O–H groups in total. The van der Waals surface area contributed by atoms with Gasteiger partial charge < -0.3 is 10.7 Å². The van der Waals surface area contributed by atoms with Gasteiger partial charge in [0.15, 0.2) is 0 Å². The number of anilines is 3. The SMILES string of the molecule is Cc1c(NN)nc(C(C)(C)C)nc1Nc1ccccc1I. The highest BCUT2D eigenvalue weighted by atomic mass is 127. The Bertz CT molecular complexity index is 649. The Morgan fingerprint density at radius 1 is 1.10 bits per heavy atom. The van der Waals surface area contributed by atoms with Crippen molar-refractivity contribution < 1.29 is 0 Å². The lowest BCUT2D eigenvalue weighted by molar-refractivity contribution is 0.546. The first kappa shape index (κ1) is 16.0. The third kappa shape index (κ3) is 3.62. The molecular weight excluding hydrogens is 377 g/mol. The molecule has 0 amide bonds. The zero-order chi connectivity index (χ0) is 15.6. The van der Waals surface area contributed by atoms with Crippen LogP contribution in [-0.2, 0) is 5.41 Å². The van der Waals surface area contributed by atoms with Crippen molar-refractivity contribution >= 4 is 39.9 Å². The number of halogens is 1. The van der Waals surface area contributed by atoms with Gasteiger partial charge in [-0.1, -0.05) is 32.9 Å². The molecular formula is C15H20IN5. The number of nitrogen functional groups attached to an aromatic ring is 1. The van der Waals surface area contributed by atoms with Gasteiger partial charge in [-0.3, -0.25) is 0 Å². The van der Waals surface area contributed by atoms with E-state index in [1.54, 1.807) is 0 Å². The molecule has 0 aliphatic heterocycles. The monoisotopic (exact) mass is 397 g/mol. The lowest BCUT2D eigenvalue weighted by atomic mass is 9.95. The second kappa shape index (κ2) is 6.15. The molecule has 0 radical (unpaired) electrons. The second-order valence-electron chi connectivity index (χ2n) is 5.87. The summed E-state index contributed by atoms with van der Waals surface area (Å²) < 4.78 is 1.13. The molecule has 0 atom stereocenters. The summed E-state index contributed by atoms with van der Waals surface area (Å²) in [6, 6.07) is 8.07. The molecule has 6 heteroatoms. The molecule has 0 spiro atoms. The van der Waals surface area contributed by atoms with Gasteiger partial charge in [-0.25, -0.2) is 15.8 Å². The van der Waals surface area contributed by atoms with Crippen molar-refractivity contribution in [2.24, 2.45) is 5.84 Å². The number of para-hydroxylation sites is 1. The smallest absolute Gasteiger partial charge is 0.148 e. The molecule has 0 aliphatic carbocycles. The Balaban J connectivity index is 2.50. The second-order valence-corrected chi connectivity index (χ2v) is 7.03. The number of hydrogen-bond acceptors (Lipinski definition) is 5. The highest BCUT2D eigenvalue weighted by Gasteiger charge is 2.21. The first-order valence-electron chi connectivity index (χ1n) is 6.70. The summed E-state index contributed by atoms with van der Waals surface area (Å²) in [4.78, 5) is 9.17. The van der Waals surface area contributed by atoms with Gasteiger partial charge >= 0.3 is 0 Å². The minimum atomic E-state index is -0.153. The van der Waals surface area contributed by atoms with E-state index in [9.17, 15) is 0 Å². The fraction of sp³-hybridized carbons (Fsp3) is 0.333. The molecule has 1 aromatic carbocycles. The number of benzene rings is 1. The van der Waals surface area contributed by atoms with Crippen molar-refractivity contribution in [3.63, 3.8) is 0 Å². The molecule has 21 heavy (non-hydrogen) atoms. The average Bonchev–Trinajstić information content (AvgIpc) is 2.42. The molecule has 0 bridgehead atoms. The Hall–Kier alpha value is -1.41. The van der Waals surface area contributed by atoms with Crippen LogP contribution in [0.5, 0.6) is 0 Å². The third-order valence-corrected chi connectivity index (χ3v) is 4.02. The molecule has 5 nitrogen and oxygen atoms in total. The first-order valence-corrected chi connectivity index (χ1v) is 7.78. The standard InChI is InChI=1S/C15H20IN5/c1-9-12(18-11-8-6-5-7-10(11)16)19-14(15(2,3)4)20-13(9)21-17/h5-8H,17H2,1-4H3,(H2,18,19,20,21). The number of nitrogens with zero attached hydrogens (tertiary/aromatic N) is 2. The fourth-order valence-electron chi connectivity index (χ4n) is 1.80. The van der Waals surface area contributed by atoms with Crippen molar-refractivity contribution in [2.45, 2.75) is 33.1 Å². The van der Waals surface area contributed by atoms with Crippen LogP contribution in [0, 0.1) is 10.5 Å². The zero-order valence-electron chi connectivity index (χ0n) is 12.7. The molecule has 0 saturated heterocycles. The number of aromatic nitrogens is 2. The van der Waals surface area contributed by atoms with Crippen LogP contribution in [-0.4, -0.2) is 9.97 Å². The Labute approximate surface area is 138 Å². The van der Waals surface area contributed by atoms with Crippen LogP contribution in [0.1, 0.15) is 32.2 Å². The third-order valence-electron chi connectivity index (χ3n) is 3.08. The number of rotatable bonds is 3. The minimum Gasteiger partial charge on any atom is -0.339 e. The lowest BCUT2D eigenvalue weighted by Gasteiger charge is -2.21. The Morgan fingerprint density at radius 2 is 1.71 bits per heavy atom. The fourth-order valence-corrected chi connectivity index (χ4v) is 2.33. The van der Waals surface area contributed by atoms with Crippen molar-refractivity contribution in [1.82, 2.24) is 9.97 Å². The Kier molecular flexibility index (Phi) is 4.67. The van der Waals surface area contributed by atoms with Crippen LogP contribution >= 0.6 is 22.6 Å². The molecule has 2 rings (SSSR count). The van der Waals surface area contributed by atoms with Gasteiger partial charge in [0.25, 0.3) is 0 Å². The molecule has 2 aromatic rings. The van der Waals surface area contributed by atoms with Gasteiger partial charge in [0.1, 0.15) is 17.5 Å².